The van der Waals surface area contributed by atoms with E-state index in [1.54, 1.807) is 12.1 Å². The molecule has 34 heavy (non-hydrogen) atoms. The van der Waals surface area contributed by atoms with Gasteiger partial charge in [-0.05, 0) is 59.2 Å². The van der Waals surface area contributed by atoms with Crippen molar-refractivity contribution in [1.82, 2.24) is 0 Å². The minimum atomic E-state index is -3.75. The predicted molar refractivity (Wildman–Crippen MR) is 142 cm³/mol. The normalized spacial score (nSPS) is 21.0. The zero-order valence-electron chi connectivity index (χ0n) is 18.3. The van der Waals surface area contributed by atoms with Gasteiger partial charge in [0.25, 0.3) is 10.0 Å². The van der Waals surface area contributed by atoms with Crippen LogP contribution in [0.3, 0.4) is 0 Å². The summed E-state index contributed by atoms with van der Waals surface area (Å²) in [6.45, 7) is 0. The molecule has 4 aromatic carbocycles. The zero-order valence-corrected chi connectivity index (χ0v) is 20.7. The summed E-state index contributed by atoms with van der Waals surface area (Å²) in [5, 5.41) is 5.57. The van der Waals surface area contributed by atoms with E-state index in [1.807, 2.05) is 54.6 Å². The molecular formula is C28H23BrN2O2S. The minimum Gasteiger partial charge on any atom is -0.378 e. The summed E-state index contributed by atoms with van der Waals surface area (Å²) in [6, 6.07) is 27.3. The van der Waals surface area contributed by atoms with E-state index in [4.69, 9.17) is 0 Å². The first-order valence-corrected chi connectivity index (χ1v) is 13.6. The Labute approximate surface area is 207 Å². The van der Waals surface area contributed by atoms with Crippen LogP contribution in [0.4, 0.5) is 11.4 Å². The lowest BCUT2D eigenvalue weighted by atomic mass is 9.77. The Hall–Kier alpha value is -3.09. The number of hydrogen-bond acceptors (Lipinski definition) is 3. The summed E-state index contributed by atoms with van der Waals surface area (Å²) < 4.78 is 30.7. The van der Waals surface area contributed by atoms with Crippen LogP contribution < -0.4 is 10.0 Å². The summed E-state index contributed by atoms with van der Waals surface area (Å²) in [6.07, 6.45) is 5.39. The molecule has 1 heterocycles. The summed E-state index contributed by atoms with van der Waals surface area (Å²) in [4.78, 5) is 0.277. The van der Waals surface area contributed by atoms with Gasteiger partial charge in [0, 0.05) is 21.5 Å². The van der Waals surface area contributed by atoms with Crippen molar-refractivity contribution >= 4 is 48.1 Å². The molecule has 6 rings (SSSR count). The van der Waals surface area contributed by atoms with Crippen LogP contribution in [-0.2, 0) is 10.0 Å². The lowest BCUT2D eigenvalue weighted by Crippen LogP contribution is -2.29. The molecule has 0 bridgehead atoms. The van der Waals surface area contributed by atoms with E-state index >= 15 is 0 Å². The molecule has 170 valence electrons. The highest BCUT2D eigenvalue weighted by Crippen LogP contribution is 2.51. The van der Waals surface area contributed by atoms with Crippen molar-refractivity contribution in [2.45, 2.75) is 23.3 Å². The Bertz CT molecular complexity index is 1540. The third-order valence-electron chi connectivity index (χ3n) is 6.92. The predicted octanol–water partition coefficient (Wildman–Crippen LogP) is 7.23. The summed E-state index contributed by atoms with van der Waals surface area (Å²) in [5.41, 5.74) is 3.82. The Morgan fingerprint density at radius 1 is 0.882 bits per heavy atom. The molecule has 2 N–H and O–H groups in total. The first kappa shape index (κ1) is 21.4. The monoisotopic (exact) mass is 530 g/mol. The molecule has 0 saturated carbocycles. The van der Waals surface area contributed by atoms with Crippen molar-refractivity contribution in [3.63, 3.8) is 0 Å². The highest BCUT2D eigenvalue weighted by molar-refractivity contribution is 9.10. The number of anilines is 2. The number of benzene rings is 4. The number of fused-ring (bicyclic) bond motifs is 4. The topological polar surface area (TPSA) is 58.2 Å². The van der Waals surface area contributed by atoms with Gasteiger partial charge >= 0.3 is 0 Å². The molecule has 6 heteroatoms. The van der Waals surface area contributed by atoms with Crippen molar-refractivity contribution in [3.8, 4) is 0 Å². The fourth-order valence-electron chi connectivity index (χ4n) is 5.29. The van der Waals surface area contributed by atoms with Crippen LogP contribution in [0.25, 0.3) is 10.8 Å². The van der Waals surface area contributed by atoms with Gasteiger partial charge < -0.3 is 5.32 Å². The maximum absolute atomic E-state index is 13.4. The van der Waals surface area contributed by atoms with Crippen LogP contribution in [0.5, 0.6) is 0 Å². The second kappa shape index (κ2) is 8.29. The van der Waals surface area contributed by atoms with Gasteiger partial charge in [-0.2, -0.15) is 0 Å². The van der Waals surface area contributed by atoms with Gasteiger partial charge in [0.05, 0.1) is 16.6 Å². The molecule has 0 saturated heterocycles. The zero-order chi connectivity index (χ0) is 23.3. The van der Waals surface area contributed by atoms with E-state index in [2.05, 4.69) is 56.3 Å². The van der Waals surface area contributed by atoms with E-state index in [1.165, 1.54) is 5.56 Å². The van der Waals surface area contributed by atoms with Gasteiger partial charge in [-0.1, -0.05) is 82.7 Å². The molecule has 0 fully saturated rings. The van der Waals surface area contributed by atoms with Gasteiger partial charge in [0.15, 0.2) is 0 Å². The fraction of sp³-hybridized carbons (Fsp3) is 0.143. The molecule has 0 amide bonds. The third-order valence-corrected chi connectivity index (χ3v) is 9.00. The van der Waals surface area contributed by atoms with E-state index in [9.17, 15) is 8.42 Å². The third kappa shape index (κ3) is 3.62. The van der Waals surface area contributed by atoms with Gasteiger partial charge in [-0.3, -0.25) is 4.72 Å². The standard InChI is InChI=1S/C28H23BrN2O2S/c29-25-13-4-3-10-23(25)28-22-12-6-11-21(22)24-17-19(15-16-26(24)30-28)34(32,33)31-27-14-5-8-18-7-1-2-9-20(18)27/h1-11,13-17,21-22,28,30-31H,12H2/t21-,22+,28+/m1/s1. The van der Waals surface area contributed by atoms with Crippen LogP contribution in [0.2, 0.25) is 0 Å². The van der Waals surface area contributed by atoms with Crippen LogP contribution in [0.15, 0.2) is 106 Å². The second-order valence-electron chi connectivity index (χ2n) is 8.88. The Morgan fingerprint density at radius 3 is 2.56 bits per heavy atom. The maximum Gasteiger partial charge on any atom is 0.261 e. The summed E-state index contributed by atoms with van der Waals surface area (Å²) in [5.74, 6) is 0.497. The molecule has 1 aliphatic carbocycles. The lowest BCUT2D eigenvalue weighted by Gasteiger charge is -2.38. The minimum absolute atomic E-state index is 0.152. The highest BCUT2D eigenvalue weighted by atomic mass is 79.9. The number of hydrogen-bond donors (Lipinski definition) is 2. The smallest absolute Gasteiger partial charge is 0.261 e. The maximum atomic E-state index is 13.4. The molecule has 2 aliphatic rings. The van der Waals surface area contributed by atoms with Gasteiger partial charge in [0.2, 0.25) is 0 Å². The SMILES string of the molecule is O=S(=O)(Nc1cccc2ccccc12)c1ccc2c(c1)[C@@H]1C=CC[C@@H]1[C@@H](c1ccccc1Br)N2. The molecule has 0 radical (unpaired) electrons. The van der Waals surface area contributed by atoms with Crippen LogP contribution >= 0.6 is 15.9 Å². The molecule has 0 unspecified atom stereocenters. The molecule has 4 aromatic rings. The highest BCUT2D eigenvalue weighted by Gasteiger charge is 2.39. The summed E-state index contributed by atoms with van der Waals surface area (Å²) >= 11 is 3.71. The molecule has 0 spiro atoms. The Morgan fingerprint density at radius 2 is 1.68 bits per heavy atom. The number of rotatable bonds is 4. The molecule has 3 atom stereocenters. The first-order chi connectivity index (χ1) is 16.5. The Kier molecular flexibility index (Phi) is 5.23. The first-order valence-electron chi connectivity index (χ1n) is 11.3. The quantitative estimate of drug-likeness (QED) is 0.273. The van der Waals surface area contributed by atoms with Crippen LogP contribution in [0.1, 0.15) is 29.5 Å². The summed E-state index contributed by atoms with van der Waals surface area (Å²) in [7, 11) is -3.75. The average Bonchev–Trinajstić information content (AvgIpc) is 3.34. The molecule has 1 aliphatic heterocycles. The van der Waals surface area contributed by atoms with Crippen molar-refractivity contribution in [2.75, 3.05) is 10.0 Å². The lowest BCUT2D eigenvalue weighted by molar-refractivity contribution is 0.424. The number of allylic oxidation sites excluding steroid dienone is 2. The van der Waals surface area contributed by atoms with Gasteiger partial charge in [-0.25, -0.2) is 8.42 Å². The molecule has 0 aromatic heterocycles. The number of sulfonamides is 1. The van der Waals surface area contributed by atoms with Gasteiger partial charge in [0.1, 0.15) is 0 Å². The van der Waals surface area contributed by atoms with E-state index in [0.717, 1.165) is 32.9 Å². The van der Waals surface area contributed by atoms with Crippen molar-refractivity contribution in [3.05, 3.63) is 113 Å². The van der Waals surface area contributed by atoms with E-state index in [0.29, 0.717) is 11.6 Å². The van der Waals surface area contributed by atoms with Crippen molar-refractivity contribution in [1.29, 1.82) is 0 Å². The average molecular weight is 531 g/mol. The fourth-order valence-corrected chi connectivity index (χ4v) is 6.94. The van der Waals surface area contributed by atoms with Crippen molar-refractivity contribution in [2.24, 2.45) is 5.92 Å². The van der Waals surface area contributed by atoms with Crippen LogP contribution in [0, 0.1) is 5.92 Å². The van der Waals surface area contributed by atoms with E-state index < -0.39 is 10.0 Å². The van der Waals surface area contributed by atoms with Crippen molar-refractivity contribution < 1.29 is 8.42 Å². The second-order valence-corrected chi connectivity index (χ2v) is 11.4. The molecular weight excluding hydrogens is 508 g/mol. The van der Waals surface area contributed by atoms with E-state index in [-0.39, 0.29) is 16.9 Å². The largest absolute Gasteiger partial charge is 0.378 e. The van der Waals surface area contributed by atoms with Gasteiger partial charge in [-0.15, -0.1) is 0 Å². The Balaban J connectivity index is 1.37. The number of halogens is 1. The number of nitrogens with one attached hydrogen (secondary N) is 2. The van der Waals surface area contributed by atoms with Crippen LogP contribution in [-0.4, -0.2) is 8.42 Å². The molecule has 4 nitrogen and oxygen atoms in total.